The second-order valence-electron chi connectivity index (χ2n) is 4.32. The lowest BCUT2D eigenvalue weighted by Gasteiger charge is -2.07. The molecule has 20 heavy (non-hydrogen) atoms. The van der Waals surface area contributed by atoms with Crippen LogP contribution < -0.4 is 14.8 Å². The Morgan fingerprint density at radius 2 is 1.95 bits per heavy atom. The van der Waals surface area contributed by atoms with Gasteiger partial charge in [0.15, 0.2) is 11.5 Å². The van der Waals surface area contributed by atoms with Gasteiger partial charge < -0.3 is 19.9 Å². The lowest BCUT2D eigenvalue weighted by Crippen LogP contribution is -2.37. The van der Waals surface area contributed by atoms with Crippen molar-refractivity contribution in [2.45, 2.75) is 6.29 Å². The number of likely N-dealkylation sites (N-methyl/N-ethyl adjacent to an activating group) is 1. The van der Waals surface area contributed by atoms with E-state index < -0.39 is 18.2 Å². The van der Waals surface area contributed by atoms with Crippen LogP contribution in [0.5, 0.6) is 11.5 Å². The quantitative estimate of drug-likeness (QED) is 0.863. The van der Waals surface area contributed by atoms with Crippen LogP contribution in [0.15, 0.2) is 30.3 Å². The summed E-state index contributed by atoms with van der Waals surface area (Å²) in [4.78, 5) is 22.6. The van der Waals surface area contributed by atoms with Crippen LogP contribution >= 0.6 is 0 Å². The standard InChI is InChI=1S/C14H11NO5/c1-15-12(16)14-19-10-5-4-7-2-3-8(13(17)18)6-9(7)11(10)20-14/h2-6,14H,1H3,(H,15,16)(H,17,18). The molecule has 2 aromatic rings. The van der Waals surface area contributed by atoms with Gasteiger partial charge in [-0.3, -0.25) is 4.79 Å². The number of nitrogens with one attached hydrogen (secondary N) is 1. The molecule has 6 nitrogen and oxygen atoms in total. The first kappa shape index (κ1) is 12.3. The molecule has 6 heteroatoms. The average molecular weight is 273 g/mol. The molecule has 1 amide bonds. The van der Waals surface area contributed by atoms with Crippen molar-refractivity contribution in [3.05, 3.63) is 35.9 Å². The molecule has 0 aromatic heterocycles. The molecular formula is C14H11NO5. The summed E-state index contributed by atoms with van der Waals surface area (Å²) in [5.41, 5.74) is 0.151. The van der Waals surface area contributed by atoms with E-state index in [1.807, 2.05) is 0 Å². The van der Waals surface area contributed by atoms with E-state index >= 15 is 0 Å². The molecule has 0 bridgehead atoms. The fourth-order valence-electron chi connectivity index (χ4n) is 2.09. The topological polar surface area (TPSA) is 84.9 Å². The summed E-state index contributed by atoms with van der Waals surface area (Å²) in [6.07, 6.45) is -1.05. The number of carbonyl (C=O) groups excluding carboxylic acids is 1. The van der Waals surface area contributed by atoms with Gasteiger partial charge >= 0.3 is 18.2 Å². The summed E-state index contributed by atoms with van der Waals surface area (Å²) < 4.78 is 10.9. The van der Waals surface area contributed by atoms with Crippen LogP contribution in [0.4, 0.5) is 0 Å². The van der Waals surface area contributed by atoms with Crippen molar-refractivity contribution in [1.82, 2.24) is 5.32 Å². The van der Waals surface area contributed by atoms with Crippen LogP contribution in [-0.4, -0.2) is 30.3 Å². The fraction of sp³-hybridized carbons (Fsp3) is 0.143. The molecule has 1 heterocycles. The Labute approximate surface area is 113 Å². The highest BCUT2D eigenvalue weighted by Crippen LogP contribution is 2.41. The lowest BCUT2D eigenvalue weighted by atomic mass is 10.1. The van der Waals surface area contributed by atoms with E-state index in [2.05, 4.69) is 5.32 Å². The third-order valence-corrected chi connectivity index (χ3v) is 3.10. The number of hydrogen-bond acceptors (Lipinski definition) is 4. The monoisotopic (exact) mass is 273 g/mol. The summed E-state index contributed by atoms with van der Waals surface area (Å²) in [5, 5.41) is 12.9. The molecular weight excluding hydrogens is 262 g/mol. The summed E-state index contributed by atoms with van der Waals surface area (Å²) in [7, 11) is 1.48. The highest BCUT2D eigenvalue weighted by molar-refractivity contribution is 5.98. The predicted octanol–water partition coefficient (Wildman–Crippen LogP) is 1.38. The first-order valence-corrected chi connectivity index (χ1v) is 5.95. The van der Waals surface area contributed by atoms with E-state index in [-0.39, 0.29) is 5.56 Å². The van der Waals surface area contributed by atoms with Gasteiger partial charge in [-0.25, -0.2) is 4.79 Å². The van der Waals surface area contributed by atoms with Crippen LogP contribution in [0.2, 0.25) is 0 Å². The SMILES string of the molecule is CNC(=O)C1Oc2ccc3ccc(C(=O)O)cc3c2O1. The molecule has 0 radical (unpaired) electrons. The Kier molecular flexibility index (Phi) is 2.71. The first-order chi connectivity index (χ1) is 9.60. The molecule has 1 aliphatic rings. The number of rotatable bonds is 2. The first-order valence-electron chi connectivity index (χ1n) is 5.95. The van der Waals surface area contributed by atoms with Gasteiger partial charge in [0, 0.05) is 12.4 Å². The van der Waals surface area contributed by atoms with Crippen molar-refractivity contribution in [2.24, 2.45) is 0 Å². The Bertz CT molecular complexity index is 725. The number of carbonyl (C=O) groups is 2. The normalized spacial score (nSPS) is 16.1. The second kappa shape index (κ2) is 4.41. The van der Waals surface area contributed by atoms with Crippen LogP contribution in [0.25, 0.3) is 10.8 Å². The summed E-state index contributed by atoms with van der Waals surface area (Å²) in [6.45, 7) is 0. The summed E-state index contributed by atoms with van der Waals surface area (Å²) in [6, 6.07) is 8.20. The van der Waals surface area contributed by atoms with Crippen LogP contribution in [0.3, 0.4) is 0 Å². The molecule has 0 aliphatic carbocycles. The largest absolute Gasteiger partial charge is 0.478 e. The maximum absolute atomic E-state index is 11.5. The second-order valence-corrected chi connectivity index (χ2v) is 4.32. The molecule has 0 saturated heterocycles. The van der Waals surface area contributed by atoms with Gasteiger partial charge in [0.25, 0.3) is 0 Å². The summed E-state index contributed by atoms with van der Waals surface area (Å²) >= 11 is 0. The Morgan fingerprint density at radius 1 is 1.20 bits per heavy atom. The Morgan fingerprint density at radius 3 is 2.65 bits per heavy atom. The molecule has 3 rings (SSSR count). The average Bonchev–Trinajstić information content (AvgIpc) is 2.90. The van der Waals surface area contributed by atoms with E-state index in [1.165, 1.54) is 19.2 Å². The zero-order chi connectivity index (χ0) is 14.3. The third-order valence-electron chi connectivity index (χ3n) is 3.10. The van der Waals surface area contributed by atoms with Crippen molar-refractivity contribution in [3.8, 4) is 11.5 Å². The molecule has 1 unspecified atom stereocenters. The van der Waals surface area contributed by atoms with Gasteiger partial charge in [-0.05, 0) is 23.6 Å². The fourth-order valence-corrected chi connectivity index (χ4v) is 2.09. The highest BCUT2D eigenvalue weighted by Gasteiger charge is 2.31. The van der Waals surface area contributed by atoms with Crippen LogP contribution in [0, 0.1) is 0 Å². The zero-order valence-corrected chi connectivity index (χ0v) is 10.5. The van der Waals surface area contributed by atoms with Gasteiger partial charge in [-0.15, -0.1) is 0 Å². The number of amides is 1. The molecule has 2 aromatic carbocycles. The van der Waals surface area contributed by atoms with E-state index in [1.54, 1.807) is 18.2 Å². The summed E-state index contributed by atoms with van der Waals surface area (Å²) in [5.74, 6) is -0.608. The molecule has 0 fully saturated rings. The smallest absolute Gasteiger partial charge is 0.335 e. The van der Waals surface area contributed by atoms with Crippen LogP contribution in [0.1, 0.15) is 10.4 Å². The Balaban J connectivity index is 2.11. The number of fused-ring (bicyclic) bond motifs is 3. The Hall–Kier alpha value is -2.76. The van der Waals surface area contributed by atoms with Gasteiger partial charge in [-0.2, -0.15) is 0 Å². The van der Waals surface area contributed by atoms with Crippen molar-refractivity contribution < 1.29 is 24.2 Å². The van der Waals surface area contributed by atoms with Crippen LogP contribution in [-0.2, 0) is 4.79 Å². The molecule has 0 spiro atoms. The predicted molar refractivity (Wildman–Crippen MR) is 70.0 cm³/mol. The number of benzene rings is 2. The van der Waals surface area contributed by atoms with Gasteiger partial charge in [0.1, 0.15) is 0 Å². The number of carboxylic acid groups (broad SMARTS) is 1. The number of carboxylic acids is 1. The lowest BCUT2D eigenvalue weighted by molar-refractivity contribution is -0.136. The molecule has 2 N–H and O–H groups in total. The maximum Gasteiger partial charge on any atom is 0.335 e. The number of ether oxygens (including phenoxy) is 2. The zero-order valence-electron chi connectivity index (χ0n) is 10.5. The molecule has 0 saturated carbocycles. The van der Waals surface area contributed by atoms with Gasteiger partial charge in [0.05, 0.1) is 5.56 Å². The molecule has 102 valence electrons. The minimum absolute atomic E-state index is 0.151. The van der Waals surface area contributed by atoms with E-state index in [0.29, 0.717) is 16.9 Å². The minimum atomic E-state index is -1.05. The van der Waals surface area contributed by atoms with Crippen molar-refractivity contribution >= 4 is 22.6 Å². The maximum atomic E-state index is 11.5. The van der Waals surface area contributed by atoms with E-state index in [9.17, 15) is 9.59 Å². The number of hydrogen-bond donors (Lipinski definition) is 2. The van der Waals surface area contributed by atoms with Crippen molar-refractivity contribution in [1.29, 1.82) is 0 Å². The third kappa shape index (κ3) is 1.82. The highest BCUT2D eigenvalue weighted by atomic mass is 16.7. The van der Waals surface area contributed by atoms with Crippen molar-refractivity contribution in [2.75, 3.05) is 7.05 Å². The molecule has 1 aliphatic heterocycles. The van der Waals surface area contributed by atoms with E-state index in [4.69, 9.17) is 14.6 Å². The van der Waals surface area contributed by atoms with Gasteiger partial charge in [0.2, 0.25) is 0 Å². The van der Waals surface area contributed by atoms with Gasteiger partial charge in [-0.1, -0.05) is 12.1 Å². The van der Waals surface area contributed by atoms with E-state index in [0.717, 1.165) is 5.39 Å². The number of aromatic carboxylic acids is 1. The van der Waals surface area contributed by atoms with Crippen molar-refractivity contribution in [3.63, 3.8) is 0 Å². The minimum Gasteiger partial charge on any atom is -0.478 e. The molecule has 1 atom stereocenters.